The van der Waals surface area contributed by atoms with Crippen molar-refractivity contribution < 1.29 is 104 Å². The van der Waals surface area contributed by atoms with Crippen molar-refractivity contribution in [3.8, 4) is 0 Å². The average Bonchev–Trinajstić information content (AvgIpc) is 1.58. The second-order valence-electron chi connectivity index (χ2n) is 24.7. The first-order valence-electron chi connectivity index (χ1n) is 33.5. The molecule has 7 rings (SSSR count). The molecule has 0 aliphatic carbocycles. The van der Waals surface area contributed by atoms with E-state index in [1.54, 1.807) is 81.7 Å². The molecule has 30 heteroatoms. The molecule has 556 valence electrons. The van der Waals surface area contributed by atoms with Crippen molar-refractivity contribution in [1.82, 2.24) is 5.32 Å². The maximum Gasteiger partial charge on any atom is 0.338 e. The summed E-state index contributed by atoms with van der Waals surface area (Å²) in [6, 6.07) is 32.7. The highest BCUT2D eigenvalue weighted by Crippen LogP contribution is 2.51. The second kappa shape index (κ2) is 39.4. The van der Waals surface area contributed by atoms with Gasteiger partial charge in [0.1, 0.15) is 12.3 Å². The van der Waals surface area contributed by atoms with Gasteiger partial charge in [-0.25, -0.2) is 4.79 Å². The maximum absolute atomic E-state index is 13.7. The lowest BCUT2D eigenvalue weighted by Gasteiger charge is -2.30. The Bertz CT molecular complexity index is 4210. The van der Waals surface area contributed by atoms with E-state index >= 15 is 0 Å². The van der Waals surface area contributed by atoms with Crippen molar-refractivity contribution in [1.29, 1.82) is 0 Å². The third kappa shape index (κ3) is 24.4. The minimum atomic E-state index is -4.73. The van der Waals surface area contributed by atoms with Crippen LogP contribution < -0.4 is 26.1 Å². The number of allylic oxidation sites excluding steroid dienone is 6. The molecule has 0 saturated carbocycles. The fourth-order valence-corrected chi connectivity index (χ4v) is 17.0. The normalized spacial score (nSPS) is 16.8. The van der Waals surface area contributed by atoms with E-state index in [-0.39, 0.29) is 83.1 Å². The van der Waals surface area contributed by atoms with E-state index in [1.807, 2.05) is 70.1 Å². The number of nitrogens with one attached hydrogen (secondary N) is 1. The Balaban J connectivity index is 1.05. The Labute approximate surface area is 600 Å². The van der Waals surface area contributed by atoms with Crippen molar-refractivity contribution >= 4 is 99.1 Å². The monoisotopic (exact) mass is 1510 g/mol. The molecular formula is C72H93N3O22PS4+. The number of anilines is 1. The van der Waals surface area contributed by atoms with E-state index in [1.165, 1.54) is 31.4 Å². The van der Waals surface area contributed by atoms with Crippen LogP contribution in [0.2, 0.25) is 0 Å². The summed E-state index contributed by atoms with van der Waals surface area (Å²) in [6.07, 6.45) is 11.2. The number of Topliss-reactive ketones (excluding diaryl/α,β-unsaturated/α-hetero) is 1. The quantitative estimate of drug-likeness (QED) is 0.00611. The third-order valence-corrected chi connectivity index (χ3v) is 23.3. The molecule has 2 aliphatic heterocycles. The number of fused-ring (bicyclic) bond motifs is 2. The Morgan fingerprint density at radius 1 is 0.559 bits per heavy atom. The number of carbonyl (C=O) groups excluding carboxylic acids is 3. The zero-order valence-corrected chi connectivity index (χ0v) is 62.0. The zero-order chi connectivity index (χ0) is 74.0. The molecule has 0 fully saturated rings. The van der Waals surface area contributed by atoms with Gasteiger partial charge in [0.15, 0.2) is 5.71 Å². The standard InChI is InChI=1S/C72H92N3O22PS4/c1-71(34-18-50-99(79,80)81)62-53-59(101(85,86)87)29-32-64(62)74(37-16-8-9-20-56(76)21-17-36-73-69(77)55-28-31-61(70(78)92-4)66(52-55)98(57-22-10-5-11-23-57)58-24-12-6-13-25-58)67(71)26-14-7-15-27-68-72(2,35-19-51-100(82,83)84)63-54-60(102(88,89)90)30-33-65(63)75(68)38-39-93-42-43-95-46-47-97-49-48-96-45-44-94-41-40-91-3/h5-7,10-15,22-33,52-54H,8-9,16-21,34-51H2,1-4H3,(H4-,73,77,79,80,81,82,83,84,85,86,87,88,89,90)/p+1. The molecule has 0 bridgehead atoms. The lowest BCUT2D eigenvalue weighted by atomic mass is 9.76. The van der Waals surface area contributed by atoms with E-state index in [4.69, 9.17) is 33.2 Å². The number of methoxy groups -OCH3 is 2. The van der Waals surface area contributed by atoms with Gasteiger partial charge in [-0.15, -0.1) is 0 Å². The van der Waals surface area contributed by atoms with E-state index in [2.05, 4.69) is 5.32 Å². The predicted molar refractivity (Wildman–Crippen MR) is 390 cm³/mol. The Morgan fingerprint density at radius 3 is 1.64 bits per heavy atom. The van der Waals surface area contributed by atoms with Crippen LogP contribution in [0, 0.1) is 0 Å². The van der Waals surface area contributed by atoms with Crippen LogP contribution in [0.25, 0.3) is 0 Å². The van der Waals surface area contributed by atoms with Gasteiger partial charge in [0.05, 0.1) is 112 Å². The third-order valence-electron chi connectivity index (χ3n) is 17.5. The van der Waals surface area contributed by atoms with Gasteiger partial charge in [0, 0.05) is 84.8 Å². The van der Waals surface area contributed by atoms with Crippen LogP contribution in [-0.2, 0) is 89.3 Å². The van der Waals surface area contributed by atoms with Gasteiger partial charge in [-0.1, -0.05) is 78.9 Å². The molecule has 5 aromatic carbocycles. The SMILES string of the molecule is COCCOCCOCCOCCOCCOCCN1C(=CC=CC=CC2=[N+](CCCCCC(=O)CCCNC(=O)c3ccc(C(=O)OC)c(P(c4ccccc4)c4ccccc4)c3)c3ccc(S(=O)(=O)O)cc3C2(C)CCCS(=O)(=O)O)C(C)(CCCS(=O)(=O)O)c2cc(S(=O)(=O)O)ccc21. The average molecular weight is 1510 g/mol. The summed E-state index contributed by atoms with van der Waals surface area (Å²) in [5, 5.41) is 5.54. The largest absolute Gasteiger partial charge is 0.465 e. The number of ether oxygens (including phenoxy) is 7. The molecule has 0 aromatic heterocycles. The molecule has 0 radical (unpaired) electrons. The summed E-state index contributed by atoms with van der Waals surface area (Å²) in [7, 11) is -16.7. The number of benzene rings is 5. The molecule has 0 spiro atoms. The molecule has 2 unspecified atom stereocenters. The van der Waals surface area contributed by atoms with Gasteiger partial charge < -0.3 is 43.4 Å². The molecule has 25 nitrogen and oxygen atoms in total. The number of hydrogen-bond donors (Lipinski definition) is 5. The molecule has 2 heterocycles. The number of amides is 1. The zero-order valence-electron chi connectivity index (χ0n) is 57.9. The van der Waals surface area contributed by atoms with Crippen LogP contribution in [0.15, 0.2) is 161 Å². The smallest absolute Gasteiger partial charge is 0.338 e. The van der Waals surface area contributed by atoms with Crippen molar-refractivity contribution in [3.05, 3.63) is 174 Å². The molecule has 5 aromatic rings. The molecule has 2 aliphatic rings. The first kappa shape index (κ1) is 82.5. The topological polar surface area (TPSA) is 352 Å². The molecule has 5 N–H and O–H groups in total. The summed E-state index contributed by atoms with van der Waals surface area (Å²) in [5.41, 5.74) is 1.68. The highest BCUT2D eigenvalue weighted by molar-refractivity contribution is 7.86. The van der Waals surface area contributed by atoms with Crippen molar-refractivity contribution in [3.63, 3.8) is 0 Å². The summed E-state index contributed by atoms with van der Waals surface area (Å²) < 4.78 is 179. The first-order valence-corrected chi connectivity index (χ1v) is 41.0. The van der Waals surface area contributed by atoms with Crippen molar-refractivity contribution in [2.45, 2.75) is 98.7 Å². The molecule has 1 amide bonds. The Morgan fingerprint density at radius 2 is 1.09 bits per heavy atom. The molecular weight excluding hydrogens is 1420 g/mol. The van der Waals surface area contributed by atoms with E-state index in [0.717, 1.165) is 10.6 Å². The number of hydrogen-bond acceptors (Lipinski definition) is 19. The molecule has 2 atom stereocenters. The Hall–Kier alpha value is -6.77. The van der Waals surface area contributed by atoms with E-state index in [9.17, 15) is 66.3 Å². The second-order valence-corrected chi connectivity index (χ2v) is 32.9. The van der Waals surface area contributed by atoms with Gasteiger partial charge in [-0.05, 0) is 137 Å². The fraction of sp³-hybridized carbons (Fsp3) is 0.444. The predicted octanol–water partition coefficient (Wildman–Crippen LogP) is 8.26. The summed E-state index contributed by atoms with van der Waals surface area (Å²) >= 11 is 0. The number of nitrogens with zero attached hydrogens (tertiary/aromatic N) is 2. The lowest BCUT2D eigenvalue weighted by Crippen LogP contribution is -2.32. The van der Waals surface area contributed by atoms with Gasteiger partial charge in [0.2, 0.25) is 5.69 Å². The molecule has 0 saturated heterocycles. The van der Waals surface area contributed by atoms with Gasteiger partial charge in [-0.3, -0.25) is 27.8 Å². The van der Waals surface area contributed by atoms with Crippen LogP contribution in [0.5, 0.6) is 0 Å². The lowest BCUT2D eigenvalue weighted by molar-refractivity contribution is -0.438. The van der Waals surface area contributed by atoms with Crippen molar-refractivity contribution in [2.24, 2.45) is 0 Å². The van der Waals surface area contributed by atoms with Gasteiger partial charge in [-0.2, -0.15) is 38.2 Å². The first-order chi connectivity index (χ1) is 48.6. The van der Waals surface area contributed by atoms with Crippen LogP contribution in [0.1, 0.15) is 110 Å². The van der Waals surface area contributed by atoms with Crippen molar-refractivity contribution in [2.75, 3.05) is 123 Å². The van der Waals surface area contributed by atoms with Gasteiger partial charge in [0.25, 0.3) is 46.4 Å². The van der Waals surface area contributed by atoms with Gasteiger partial charge >= 0.3 is 5.97 Å². The fourth-order valence-electron chi connectivity index (χ4n) is 12.5. The number of rotatable bonds is 46. The highest BCUT2D eigenvalue weighted by atomic mass is 32.2. The van der Waals surface area contributed by atoms with Crippen LogP contribution in [-0.4, -0.2) is 198 Å². The summed E-state index contributed by atoms with van der Waals surface area (Å²) in [4.78, 5) is 41.3. The van der Waals surface area contributed by atoms with Crippen LogP contribution in [0.4, 0.5) is 11.4 Å². The minimum Gasteiger partial charge on any atom is -0.465 e. The summed E-state index contributed by atoms with van der Waals surface area (Å²) in [5.74, 6) is -2.11. The highest BCUT2D eigenvalue weighted by Gasteiger charge is 2.48. The van der Waals surface area contributed by atoms with E-state index < -0.39 is 86.5 Å². The number of carbonyl (C=O) groups is 3. The van der Waals surface area contributed by atoms with Crippen LogP contribution >= 0.6 is 7.92 Å². The Kier molecular flexibility index (Phi) is 31.9. The molecule has 102 heavy (non-hydrogen) atoms. The number of ketones is 1. The summed E-state index contributed by atoms with van der Waals surface area (Å²) in [6.45, 7) is 8.19. The van der Waals surface area contributed by atoms with E-state index in [0.29, 0.717) is 135 Å². The minimum absolute atomic E-state index is 0.00781. The number of esters is 1. The number of unbranched alkanes of at least 4 members (excludes halogenated alkanes) is 2. The maximum atomic E-state index is 13.7. The van der Waals surface area contributed by atoms with Crippen LogP contribution in [0.3, 0.4) is 0 Å².